The van der Waals surface area contributed by atoms with Gasteiger partial charge in [-0.1, -0.05) is 12.1 Å². The number of benzene rings is 1. The van der Waals surface area contributed by atoms with E-state index in [1.54, 1.807) is 0 Å². The van der Waals surface area contributed by atoms with Crippen LogP contribution in [0, 0.1) is 6.92 Å². The van der Waals surface area contributed by atoms with E-state index in [1.807, 2.05) is 31.2 Å². The number of anilines is 2. The Labute approximate surface area is 133 Å². The van der Waals surface area contributed by atoms with Crippen LogP contribution in [-0.4, -0.2) is 27.5 Å². The average molecular weight is 317 g/mol. The number of hydrogen-bond acceptors (Lipinski definition) is 8. The molecule has 0 saturated heterocycles. The summed E-state index contributed by atoms with van der Waals surface area (Å²) in [6, 6.07) is 7.73. The maximum atomic E-state index is 11.6. The number of carbonyl (C=O) groups is 1. The van der Waals surface area contributed by atoms with Gasteiger partial charge in [0.05, 0.1) is 6.61 Å². The number of aryl methyl sites for hydroxylation is 1. The number of carbonyl (C=O) groups excluding carboxylic acids is 1. The Hall–Kier alpha value is -2.90. The highest BCUT2D eigenvalue weighted by Crippen LogP contribution is 2.12. The Balaban J connectivity index is 1.67. The summed E-state index contributed by atoms with van der Waals surface area (Å²) < 4.78 is 10.6. The van der Waals surface area contributed by atoms with Gasteiger partial charge in [-0.05, 0) is 31.0 Å². The van der Waals surface area contributed by atoms with Crippen molar-refractivity contribution < 1.29 is 14.3 Å². The van der Waals surface area contributed by atoms with Gasteiger partial charge in [0.2, 0.25) is 11.9 Å². The number of rotatable bonds is 7. The van der Waals surface area contributed by atoms with Gasteiger partial charge in [-0.2, -0.15) is 15.0 Å². The van der Waals surface area contributed by atoms with Crippen LogP contribution in [0.1, 0.15) is 24.2 Å². The van der Waals surface area contributed by atoms with E-state index in [2.05, 4.69) is 15.0 Å². The van der Waals surface area contributed by atoms with E-state index in [-0.39, 0.29) is 36.7 Å². The molecule has 2 rings (SSSR count). The number of aromatic nitrogens is 3. The predicted molar refractivity (Wildman–Crippen MR) is 84.4 cm³/mol. The summed E-state index contributed by atoms with van der Waals surface area (Å²) in [5.74, 6) is 0.634. The largest absolute Gasteiger partial charge is 0.494 e. The second-order valence-electron chi connectivity index (χ2n) is 4.90. The van der Waals surface area contributed by atoms with Crippen molar-refractivity contribution in [1.29, 1.82) is 0 Å². The standard InChI is InChI=1S/C15H19N5O3/c1-10-4-2-5-11(8-10)22-7-3-6-13(21)23-9-12-18-14(16)20-15(17)19-12/h2,4-5,8H,3,6-7,9H2,1H3,(H4,16,17,18,19,20). The molecule has 0 aliphatic rings. The topological polar surface area (TPSA) is 126 Å². The molecule has 0 aliphatic carbocycles. The van der Waals surface area contributed by atoms with Crippen molar-refractivity contribution in [3.8, 4) is 5.75 Å². The normalized spacial score (nSPS) is 10.3. The van der Waals surface area contributed by atoms with Crippen LogP contribution in [0.15, 0.2) is 24.3 Å². The molecule has 0 radical (unpaired) electrons. The molecule has 1 aromatic heterocycles. The van der Waals surface area contributed by atoms with Crippen molar-refractivity contribution in [1.82, 2.24) is 15.0 Å². The average Bonchev–Trinajstić information content (AvgIpc) is 2.49. The Morgan fingerprint density at radius 1 is 1.17 bits per heavy atom. The van der Waals surface area contributed by atoms with Crippen molar-refractivity contribution in [3.05, 3.63) is 35.7 Å². The molecule has 1 aromatic carbocycles. The number of ether oxygens (including phenoxy) is 2. The minimum Gasteiger partial charge on any atom is -0.494 e. The molecule has 1 heterocycles. The molecule has 0 unspecified atom stereocenters. The second kappa shape index (κ2) is 7.92. The smallest absolute Gasteiger partial charge is 0.306 e. The second-order valence-corrected chi connectivity index (χ2v) is 4.90. The molecule has 0 fully saturated rings. The zero-order valence-corrected chi connectivity index (χ0v) is 12.9. The number of nitrogens with zero attached hydrogens (tertiary/aromatic N) is 3. The van der Waals surface area contributed by atoms with E-state index < -0.39 is 0 Å². The minimum absolute atomic E-state index is 0.00453. The van der Waals surface area contributed by atoms with Crippen LogP contribution in [0.25, 0.3) is 0 Å². The molecule has 0 saturated carbocycles. The zero-order valence-electron chi connectivity index (χ0n) is 12.9. The summed E-state index contributed by atoms with van der Waals surface area (Å²) >= 11 is 0. The molecule has 0 amide bonds. The summed E-state index contributed by atoms with van der Waals surface area (Å²) in [5.41, 5.74) is 12.0. The molecule has 0 bridgehead atoms. The van der Waals surface area contributed by atoms with Crippen LogP contribution in [-0.2, 0) is 16.1 Å². The van der Waals surface area contributed by atoms with Crippen LogP contribution < -0.4 is 16.2 Å². The predicted octanol–water partition coefficient (Wildman–Crippen LogP) is 1.25. The summed E-state index contributed by atoms with van der Waals surface area (Å²) in [4.78, 5) is 22.9. The molecular formula is C15H19N5O3. The van der Waals surface area contributed by atoms with Crippen LogP contribution in [0.2, 0.25) is 0 Å². The fourth-order valence-corrected chi connectivity index (χ4v) is 1.85. The molecular weight excluding hydrogens is 298 g/mol. The summed E-state index contributed by atoms with van der Waals surface area (Å²) in [6.45, 7) is 2.34. The summed E-state index contributed by atoms with van der Waals surface area (Å²) in [5, 5.41) is 0. The maximum absolute atomic E-state index is 11.6. The van der Waals surface area contributed by atoms with Gasteiger partial charge in [-0.3, -0.25) is 4.79 Å². The van der Waals surface area contributed by atoms with E-state index in [0.29, 0.717) is 13.0 Å². The number of nitrogens with two attached hydrogens (primary N) is 2. The van der Waals surface area contributed by atoms with E-state index in [1.165, 1.54) is 0 Å². The Bertz CT molecular complexity index is 658. The fraction of sp³-hybridized carbons (Fsp3) is 0.333. The lowest BCUT2D eigenvalue weighted by Crippen LogP contribution is -2.11. The highest BCUT2D eigenvalue weighted by molar-refractivity contribution is 5.69. The number of hydrogen-bond donors (Lipinski definition) is 2. The van der Waals surface area contributed by atoms with Crippen molar-refractivity contribution in [2.24, 2.45) is 0 Å². The van der Waals surface area contributed by atoms with Gasteiger partial charge in [-0.25, -0.2) is 0 Å². The first-order chi connectivity index (χ1) is 11.0. The first-order valence-corrected chi connectivity index (χ1v) is 7.14. The van der Waals surface area contributed by atoms with Gasteiger partial charge in [0.25, 0.3) is 0 Å². The van der Waals surface area contributed by atoms with Crippen LogP contribution >= 0.6 is 0 Å². The number of esters is 1. The minimum atomic E-state index is -0.365. The van der Waals surface area contributed by atoms with Gasteiger partial charge < -0.3 is 20.9 Å². The molecule has 0 spiro atoms. The Morgan fingerprint density at radius 3 is 2.61 bits per heavy atom. The molecule has 4 N–H and O–H groups in total. The SMILES string of the molecule is Cc1cccc(OCCCC(=O)OCc2nc(N)nc(N)n2)c1. The van der Waals surface area contributed by atoms with E-state index in [4.69, 9.17) is 20.9 Å². The van der Waals surface area contributed by atoms with Crippen molar-refractivity contribution >= 4 is 17.9 Å². The van der Waals surface area contributed by atoms with Gasteiger partial charge in [0.15, 0.2) is 12.4 Å². The lowest BCUT2D eigenvalue weighted by atomic mass is 10.2. The first kappa shape index (κ1) is 16.5. The van der Waals surface area contributed by atoms with E-state index >= 15 is 0 Å². The van der Waals surface area contributed by atoms with E-state index in [0.717, 1.165) is 11.3 Å². The fourth-order valence-electron chi connectivity index (χ4n) is 1.85. The highest BCUT2D eigenvalue weighted by Gasteiger charge is 2.07. The lowest BCUT2D eigenvalue weighted by molar-refractivity contribution is -0.145. The third kappa shape index (κ3) is 5.77. The van der Waals surface area contributed by atoms with Crippen molar-refractivity contribution in [2.45, 2.75) is 26.4 Å². The Kier molecular flexibility index (Phi) is 5.67. The third-order valence-corrected chi connectivity index (χ3v) is 2.86. The molecule has 2 aromatic rings. The first-order valence-electron chi connectivity index (χ1n) is 7.14. The van der Waals surface area contributed by atoms with Gasteiger partial charge in [0.1, 0.15) is 5.75 Å². The maximum Gasteiger partial charge on any atom is 0.306 e. The monoisotopic (exact) mass is 317 g/mol. The molecule has 8 nitrogen and oxygen atoms in total. The Morgan fingerprint density at radius 2 is 1.91 bits per heavy atom. The molecule has 0 aliphatic heterocycles. The van der Waals surface area contributed by atoms with Crippen LogP contribution in [0.3, 0.4) is 0 Å². The van der Waals surface area contributed by atoms with E-state index in [9.17, 15) is 4.79 Å². The quantitative estimate of drug-likeness (QED) is 0.577. The molecule has 122 valence electrons. The number of nitrogen functional groups attached to an aromatic ring is 2. The third-order valence-electron chi connectivity index (χ3n) is 2.86. The van der Waals surface area contributed by atoms with Gasteiger partial charge in [-0.15, -0.1) is 0 Å². The van der Waals surface area contributed by atoms with Gasteiger partial charge >= 0.3 is 5.97 Å². The summed E-state index contributed by atoms with van der Waals surface area (Å²) in [6.07, 6.45) is 0.788. The van der Waals surface area contributed by atoms with Crippen LogP contribution in [0.5, 0.6) is 5.75 Å². The van der Waals surface area contributed by atoms with Gasteiger partial charge in [0, 0.05) is 6.42 Å². The lowest BCUT2D eigenvalue weighted by Gasteiger charge is -2.07. The highest BCUT2D eigenvalue weighted by atomic mass is 16.5. The van der Waals surface area contributed by atoms with Crippen molar-refractivity contribution in [3.63, 3.8) is 0 Å². The molecule has 0 atom stereocenters. The zero-order chi connectivity index (χ0) is 16.7. The molecule has 23 heavy (non-hydrogen) atoms. The molecule has 8 heteroatoms. The summed E-state index contributed by atoms with van der Waals surface area (Å²) in [7, 11) is 0. The van der Waals surface area contributed by atoms with Crippen molar-refractivity contribution in [2.75, 3.05) is 18.1 Å². The van der Waals surface area contributed by atoms with Crippen LogP contribution in [0.4, 0.5) is 11.9 Å².